The number of rotatable bonds is 10. The van der Waals surface area contributed by atoms with E-state index in [4.69, 9.17) is 4.42 Å². The molecule has 3 N–H and O–H groups in total. The second-order valence-corrected chi connectivity index (χ2v) is 6.53. The van der Waals surface area contributed by atoms with Gasteiger partial charge in [0, 0.05) is 45.3 Å². The number of hydrogen-bond acceptors (Lipinski definition) is 5. The van der Waals surface area contributed by atoms with E-state index >= 15 is 0 Å². The third-order valence-electron chi connectivity index (χ3n) is 4.55. The number of hydrogen-bond donors (Lipinski definition) is 3. The van der Waals surface area contributed by atoms with Crippen LogP contribution in [-0.2, 0) is 6.42 Å². The molecule has 0 radical (unpaired) electrons. The summed E-state index contributed by atoms with van der Waals surface area (Å²) < 4.78 is 5.31. The molecular weight excluding hydrogens is 493 g/mol. The molecule has 0 fully saturated rings. The largest absolute Gasteiger partial charge is 0.461 e. The van der Waals surface area contributed by atoms with Crippen LogP contribution in [0.4, 0.5) is 5.69 Å². The molecule has 0 aliphatic heterocycles. The maximum atomic E-state index is 5.31. The van der Waals surface area contributed by atoms with E-state index in [0.29, 0.717) is 24.6 Å². The van der Waals surface area contributed by atoms with Gasteiger partial charge in [-0.15, -0.1) is 24.0 Å². The maximum Gasteiger partial charge on any atom is 0.216 e. The van der Waals surface area contributed by atoms with Gasteiger partial charge in [-0.2, -0.15) is 5.10 Å². The molecule has 0 atom stereocenters. The van der Waals surface area contributed by atoms with Gasteiger partial charge in [-0.05, 0) is 37.6 Å². The van der Waals surface area contributed by atoms with E-state index < -0.39 is 0 Å². The molecule has 0 aliphatic rings. The van der Waals surface area contributed by atoms with Crippen LogP contribution in [0.25, 0.3) is 11.6 Å². The van der Waals surface area contributed by atoms with Crippen LogP contribution < -0.4 is 15.5 Å². The summed E-state index contributed by atoms with van der Waals surface area (Å²) >= 11 is 0. The summed E-state index contributed by atoms with van der Waals surface area (Å²) in [6, 6.07) is 14.2. The second-order valence-electron chi connectivity index (χ2n) is 6.53. The minimum Gasteiger partial charge on any atom is -0.461 e. The van der Waals surface area contributed by atoms with Gasteiger partial charge in [-0.3, -0.25) is 10.1 Å². The van der Waals surface area contributed by atoms with Crippen molar-refractivity contribution in [2.45, 2.75) is 19.8 Å². The van der Waals surface area contributed by atoms with Crippen LogP contribution in [0.15, 0.2) is 58.1 Å². The molecule has 30 heavy (non-hydrogen) atoms. The molecule has 0 spiro atoms. The first-order chi connectivity index (χ1) is 14.3. The van der Waals surface area contributed by atoms with Crippen LogP contribution in [0.5, 0.6) is 0 Å². The van der Waals surface area contributed by atoms with Crippen molar-refractivity contribution in [3.63, 3.8) is 0 Å². The van der Waals surface area contributed by atoms with Gasteiger partial charge in [-0.1, -0.05) is 18.2 Å². The Bertz CT molecular complexity index is 865. The summed E-state index contributed by atoms with van der Waals surface area (Å²) in [5, 5.41) is 13.8. The van der Waals surface area contributed by atoms with E-state index in [-0.39, 0.29) is 24.0 Å². The SMILES string of the molecule is CCN(CCCNC(=NC)NCCc1nc(-c2ccco2)n[nH]1)c1ccccc1.I. The Kier molecular flexibility index (Phi) is 10.2. The average Bonchev–Trinajstić information content (AvgIpc) is 3.45. The van der Waals surface area contributed by atoms with Gasteiger partial charge in [-0.25, -0.2) is 4.98 Å². The Morgan fingerprint density at radius 1 is 1.13 bits per heavy atom. The van der Waals surface area contributed by atoms with E-state index in [9.17, 15) is 0 Å². The highest BCUT2D eigenvalue weighted by Crippen LogP contribution is 2.14. The molecule has 9 heteroatoms. The molecule has 162 valence electrons. The molecule has 2 heterocycles. The smallest absolute Gasteiger partial charge is 0.216 e. The topological polar surface area (TPSA) is 94.4 Å². The van der Waals surface area contributed by atoms with Crippen LogP contribution in [-0.4, -0.2) is 54.4 Å². The van der Waals surface area contributed by atoms with E-state index in [1.807, 2.05) is 18.2 Å². The number of nitrogens with one attached hydrogen (secondary N) is 3. The van der Waals surface area contributed by atoms with Crippen molar-refractivity contribution in [3.05, 3.63) is 54.6 Å². The number of furan rings is 1. The van der Waals surface area contributed by atoms with Gasteiger partial charge < -0.3 is 20.0 Å². The lowest BCUT2D eigenvalue weighted by molar-refractivity contribution is 0.577. The highest BCUT2D eigenvalue weighted by atomic mass is 127. The lowest BCUT2D eigenvalue weighted by Crippen LogP contribution is -2.39. The second kappa shape index (κ2) is 12.9. The molecule has 8 nitrogen and oxygen atoms in total. The lowest BCUT2D eigenvalue weighted by atomic mass is 10.2. The number of H-pyrrole nitrogens is 1. The van der Waals surface area contributed by atoms with E-state index in [2.05, 4.69) is 66.9 Å². The monoisotopic (exact) mass is 523 g/mol. The molecule has 0 saturated carbocycles. The number of halogens is 1. The highest BCUT2D eigenvalue weighted by Gasteiger charge is 2.08. The zero-order valence-corrected chi connectivity index (χ0v) is 19.8. The van der Waals surface area contributed by atoms with Gasteiger partial charge in [0.25, 0.3) is 0 Å². The molecule has 0 bridgehead atoms. The fourth-order valence-corrected chi connectivity index (χ4v) is 3.03. The Balaban J connectivity index is 0.00000320. The van der Waals surface area contributed by atoms with Crippen molar-refractivity contribution in [1.82, 2.24) is 25.8 Å². The number of aromatic nitrogens is 3. The summed E-state index contributed by atoms with van der Waals surface area (Å²) in [4.78, 5) is 11.1. The fourth-order valence-electron chi connectivity index (χ4n) is 3.03. The van der Waals surface area contributed by atoms with Crippen LogP contribution in [0.1, 0.15) is 19.2 Å². The Morgan fingerprint density at radius 2 is 1.93 bits per heavy atom. The summed E-state index contributed by atoms with van der Waals surface area (Å²) in [5.41, 5.74) is 1.26. The third-order valence-corrected chi connectivity index (χ3v) is 4.55. The van der Waals surface area contributed by atoms with Crippen molar-refractivity contribution in [3.8, 4) is 11.6 Å². The quantitative estimate of drug-likeness (QED) is 0.164. The van der Waals surface area contributed by atoms with Crippen molar-refractivity contribution in [2.24, 2.45) is 4.99 Å². The van der Waals surface area contributed by atoms with E-state index in [0.717, 1.165) is 37.8 Å². The van der Waals surface area contributed by atoms with Crippen LogP contribution in [0.2, 0.25) is 0 Å². The van der Waals surface area contributed by atoms with Crippen molar-refractivity contribution >= 4 is 35.6 Å². The number of anilines is 1. The summed E-state index contributed by atoms with van der Waals surface area (Å²) in [6.07, 6.45) is 3.35. The Morgan fingerprint density at radius 3 is 2.63 bits per heavy atom. The normalized spacial score (nSPS) is 11.1. The van der Waals surface area contributed by atoms with E-state index in [1.165, 1.54) is 5.69 Å². The van der Waals surface area contributed by atoms with Crippen LogP contribution in [0, 0.1) is 0 Å². The highest BCUT2D eigenvalue weighted by molar-refractivity contribution is 14.0. The molecule has 0 amide bonds. The number of para-hydroxylation sites is 1. The predicted octanol–water partition coefficient (Wildman–Crippen LogP) is 3.31. The zero-order valence-electron chi connectivity index (χ0n) is 17.5. The predicted molar refractivity (Wildman–Crippen MR) is 132 cm³/mol. The van der Waals surface area contributed by atoms with Crippen LogP contribution >= 0.6 is 24.0 Å². The fraction of sp³-hybridized carbons (Fsp3) is 0.381. The first kappa shape index (κ1) is 23.7. The maximum absolute atomic E-state index is 5.31. The molecule has 3 rings (SSSR count). The minimum atomic E-state index is 0. The molecular formula is C21H30IN7O. The van der Waals surface area contributed by atoms with Gasteiger partial charge >= 0.3 is 0 Å². The molecule has 0 unspecified atom stereocenters. The molecule has 2 aromatic heterocycles. The van der Waals surface area contributed by atoms with Crippen molar-refractivity contribution < 1.29 is 4.42 Å². The Labute approximate surface area is 194 Å². The lowest BCUT2D eigenvalue weighted by Gasteiger charge is -2.23. The van der Waals surface area contributed by atoms with Gasteiger partial charge in [0.15, 0.2) is 11.7 Å². The molecule has 1 aromatic carbocycles. The van der Waals surface area contributed by atoms with Crippen LogP contribution in [0.3, 0.4) is 0 Å². The van der Waals surface area contributed by atoms with E-state index in [1.54, 1.807) is 13.3 Å². The first-order valence-electron chi connectivity index (χ1n) is 9.99. The third kappa shape index (κ3) is 7.05. The minimum absolute atomic E-state index is 0. The standard InChI is InChI=1S/C21H29N7O.HI/c1-3-28(17-9-5-4-6-10-17)15-8-13-23-21(22-2)24-14-12-19-25-20(27-26-19)18-11-7-16-29-18;/h4-7,9-11,16H,3,8,12-15H2,1-2H3,(H2,22,23,24)(H,25,26,27);1H. The number of aromatic amines is 1. The molecule has 3 aromatic rings. The number of guanidine groups is 1. The summed E-state index contributed by atoms with van der Waals surface area (Å²) in [7, 11) is 1.78. The van der Waals surface area contributed by atoms with Gasteiger partial charge in [0.05, 0.1) is 6.26 Å². The number of aliphatic imine (C=N–C) groups is 1. The van der Waals surface area contributed by atoms with Gasteiger partial charge in [0.1, 0.15) is 5.82 Å². The summed E-state index contributed by atoms with van der Waals surface area (Å²) in [6.45, 7) is 5.74. The van der Waals surface area contributed by atoms with Crippen molar-refractivity contribution in [2.75, 3.05) is 38.1 Å². The molecule has 0 aliphatic carbocycles. The summed E-state index contributed by atoms with van der Waals surface area (Å²) in [5.74, 6) is 2.83. The Hall–Kier alpha value is -2.56. The zero-order chi connectivity index (χ0) is 20.3. The van der Waals surface area contributed by atoms with Crippen molar-refractivity contribution in [1.29, 1.82) is 0 Å². The average molecular weight is 523 g/mol. The molecule has 0 saturated heterocycles. The van der Waals surface area contributed by atoms with Gasteiger partial charge in [0.2, 0.25) is 5.82 Å². The first-order valence-corrected chi connectivity index (χ1v) is 9.99. The number of benzene rings is 1. The number of nitrogens with zero attached hydrogens (tertiary/aromatic N) is 4.